The number of nitrogens with two attached hydrogens (primary N) is 2. The van der Waals surface area contributed by atoms with Gasteiger partial charge < -0.3 is 21.7 Å². The van der Waals surface area contributed by atoms with Crippen molar-refractivity contribution >= 4 is 23.1 Å². The van der Waals surface area contributed by atoms with Crippen molar-refractivity contribution < 1.29 is 4.92 Å². The van der Waals surface area contributed by atoms with Crippen LogP contribution in [0.2, 0.25) is 0 Å². The fourth-order valence-electron chi connectivity index (χ4n) is 3.70. The first-order valence-electron chi connectivity index (χ1n) is 9.90. The van der Waals surface area contributed by atoms with Crippen LogP contribution in [-0.2, 0) is 13.0 Å². The van der Waals surface area contributed by atoms with Crippen molar-refractivity contribution in [1.82, 2.24) is 9.97 Å². The largest absolute Gasteiger partial charge is 0.378 e. The molecular formula is C20H29N7O2. The fraction of sp³-hybridized carbons (Fsp3) is 0.500. The summed E-state index contributed by atoms with van der Waals surface area (Å²) in [5.41, 5.74) is 14.3. The lowest BCUT2D eigenvalue weighted by Crippen LogP contribution is -2.27. The molecule has 9 heteroatoms. The molecule has 1 aliphatic carbocycles. The standard InChI is InChI=1S/C20H29N7O2/c1-26(2)16-9-5-14(6-10-16)12-23-20-24-17(18(27(28)29)19(22)25-20)11-13-3-7-15(21)8-4-13/h5-6,9-10,13,15H,3-4,7-8,11-12,21H2,1-2H3,(H3,22,23,24,25). The van der Waals surface area contributed by atoms with Crippen LogP contribution >= 0.6 is 0 Å². The van der Waals surface area contributed by atoms with Gasteiger partial charge in [0.25, 0.3) is 0 Å². The van der Waals surface area contributed by atoms with Crippen molar-refractivity contribution in [3.63, 3.8) is 0 Å². The molecule has 2 aromatic rings. The third-order valence-corrected chi connectivity index (χ3v) is 5.44. The van der Waals surface area contributed by atoms with Crippen molar-refractivity contribution in [2.75, 3.05) is 30.0 Å². The predicted octanol–water partition coefficient (Wildman–Crippen LogP) is 2.71. The van der Waals surface area contributed by atoms with E-state index >= 15 is 0 Å². The fourth-order valence-corrected chi connectivity index (χ4v) is 3.70. The smallest absolute Gasteiger partial charge is 0.332 e. The van der Waals surface area contributed by atoms with Gasteiger partial charge in [-0.3, -0.25) is 10.1 Å². The number of rotatable bonds is 7. The lowest BCUT2D eigenvalue weighted by atomic mass is 9.83. The van der Waals surface area contributed by atoms with Crippen LogP contribution in [0.5, 0.6) is 0 Å². The van der Waals surface area contributed by atoms with Crippen LogP contribution in [0.1, 0.15) is 36.9 Å². The highest BCUT2D eigenvalue weighted by molar-refractivity contribution is 5.58. The number of hydrogen-bond acceptors (Lipinski definition) is 8. The van der Waals surface area contributed by atoms with Gasteiger partial charge in [-0.15, -0.1) is 0 Å². The molecule has 0 saturated heterocycles. The number of benzene rings is 1. The van der Waals surface area contributed by atoms with Gasteiger partial charge in [0.2, 0.25) is 11.8 Å². The number of anilines is 3. The maximum atomic E-state index is 11.5. The molecule has 0 radical (unpaired) electrons. The third-order valence-electron chi connectivity index (χ3n) is 5.44. The van der Waals surface area contributed by atoms with E-state index in [4.69, 9.17) is 11.5 Å². The van der Waals surface area contributed by atoms with E-state index < -0.39 is 4.92 Å². The number of hydrogen-bond donors (Lipinski definition) is 3. The summed E-state index contributed by atoms with van der Waals surface area (Å²) in [7, 11) is 3.98. The minimum atomic E-state index is -0.483. The molecule has 1 fully saturated rings. The van der Waals surface area contributed by atoms with Crippen LogP contribution in [0.3, 0.4) is 0 Å². The van der Waals surface area contributed by atoms with Crippen LogP contribution in [-0.4, -0.2) is 35.0 Å². The highest BCUT2D eigenvalue weighted by atomic mass is 16.6. The molecule has 1 aliphatic rings. The molecule has 1 saturated carbocycles. The minimum Gasteiger partial charge on any atom is -0.378 e. The monoisotopic (exact) mass is 399 g/mol. The van der Waals surface area contributed by atoms with Gasteiger partial charge in [-0.2, -0.15) is 4.98 Å². The summed E-state index contributed by atoms with van der Waals surface area (Å²) >= 11 is 0. The molecule has 9 nitrogen and oxygen atoms in total. The van der Waals surface area contributed by atoms with E-state index in [1.807, 2.05) is 43.3 Å². The van der Waals surface area contributed by atoms with Crippen LogP contribution in [0.4, 0.5) is 23.1 Å². The summed E-state index contributed by atoms with van der Waals surface area (Å²) in [6, 6.07) is 8.32. The van der Waals surface area contributed by atoms with Gasteiger partial charge in [0, 0.05) is 32.4 Å². The predicted molar refractivity (Wildman–Crippen MR) is 115 cm³/mol. The van der Waals surface area contributed by atoms with Crippen LogP contribution in [0.15, 0.2) is 24.3 Å². The Morgan fingerprint density at radius 1 is 1.17 bits per heavy atom. The van der Waals surface area contributed by atoms with Crippen molar-refractivity contribution in [3.05, 3.63) is 45.6 Å². The van der Waals surface area contributed by atoms with Crippen molar-refractivity contribution in [1.29, 1.82) is 0 Å². The Bertz CT molecular complexity index is 847. The zero-order chi connectivity index (χ0) is 21.0. The zero-order valence-corrected chi connectivity index (χ0v) is 17.0. The summed E-state index contributed by atoms with van der Waals surface area (Å²) in [6.07, 6.45) is 4.29. The summed E-state index contributed by atoms with van der Waals surface area (Å²) in [5.74, 6) is 0.541. The molecule has 0 unspecified atom stereocenters. The van der Waals surface area contributed by atoms with Crippen molar-refractivity contribution in [2.24, 2.45) is 11.7 Å². The van der Waals surface area contributed by atoms with E-state index in [1.165, 1.54) is 0 Å². The quantitative estimate of drug-likeness (QED) is 0.477. The lowest BCUT2D eigenvalue weighted by Gasteiger charge is -2.25. The Kier molecular flexibility index (Phi) is 6.48. The van der Waals surface area contributed by atoms with Crippen LogP contribution in [0.25, 0.3) is 0 Å². The highest BCUT2D eigenvalue weighted by Gasteiger charge is 2.27. The van der Waals surface area contributed by atoms with Gasteiger partial charge in [-0.05, 0) is 55.7 Å². The van der Waals surface area contributed by atoms with Crippen molar-refractivity contribution in [3.8, 4) is 0 Å². The molecule has 1 heterocycles. The van der Waals surface area contributed by atoms with E-state index in [0.29, 0.717) is 30.5 Å². The molecule has 156 valence electrons. The third kappa shape index (κ3) is 5.32. The maximum Gasteiger partial charge on any atom is 0.332 e. The topological polar surface area (TPSA) is 136 Å². The van der Waals surface area contributed by atoms with Gasteiger partial charge in [-0.25, -0.2) is 4.98 Å². The molecule has 5 N–H and O–H groups in total. The molecule has 0 spiro atoms. The summed E-state index contributed by atoms with van der Waals surface area (Å²) in [6.45, 7) is 0.503. The van der Waals surface area contributed by atoms with Crippen LogP contribution in [0, 0.1) is 16.0 Å². The molecular weight excluding hydrogens is 370 g/mol. The molecule has 0 amide bonds. The Morgan fingerprint density at radius 3 is 2.41 bits per heavy atom. The minimum absolute atomic E-state index is 0.0991. The maximum absolute atomic E-state index is 11.5. The molecule has 0 aliphatic heterocycles. The Morgan fingerprint density at radius 2 is 1.83 bits per heavy atom. The molecule has 3 rings (SSSR count). The lowest BCUT2D eigenvalue weighted by molar-refractivity contribution is -0.385. The average Bonchev–Trinajstić information content (AvgIpc) is 2.68. The second kappa shape index (κ2) is 9.04. The second-order valence-corrected chi connectivity index (χ2v) is 7.88. The highest BCUT2D eigenvalue weighted by Crippen LogP contribution is 2.32. The molecule has 0 bridgehead atoms. The number of nitro groups is 1. The van der Waals surface area contributed by atoms with E-state index in [9.17, 15) is 10.1 Å². The van der Waals surface area contributed by atoms with Crippen LogP contribution < -0.4 is 21.7 Å². The first-order valence-corrected chi connectivity index (χ1v) is 9.90. The average molecular weight is 399 g/mol. The van der Waals surface area contributed by atoms with Gasteiger partial charge >= 0.3 is 5.69 Å². The van der Waals surface area contributed by atoms with Gasteiger partial charge in [0.15, 0.2) is 0 Å². The van der Waals surface area contributed by atoms with Gasteiger partial charge in [0.1, 0.15) is 5.69 Å². The van der Waals surface area contributed by atoms with E-state index in [-0.39, 0.29) is 17.5 Å². The number of nitrogens with zero attached hydrogens (tertiary/aromatic N) is 4. The Balaban J connectivity index is 1.75. The van der Waals surface area contributed by atoms with E-state index in [1.54, 1.807) is 0 Å². The van der Waals surface area contributed by atoms with E-state index in [0.717, 1.165) is 36.9 Å². The van der Waals surface area contributed by atoms with Crippen molar-refractivity contribution in [2.45, 2.75) is 44.7 Å². The number of nitrogens with one attached hydrogen (secondary N) is 1. The summed E-state index contributed by atoms with van der Waals surface area (Å²) < 4.78 is 0. The summed E-state index contributed by atoms with van der Waals surface area (Å²) in [4.78, 5) is 21.6. The number of nitrogen functional groups attached to an aromatic ring is 1. The number of aromatic nitrogens is 2. The van der Waals surface area contributed by atoms with Gasteiger partial charge in [-0.1, -0.05) is 12.1 Å². The first kappa shape index (κ1) is 20.8. The Labute approximate surface area is 170 Å². The van der Waals surface area contributed by atoms with Gasteiger partial charge in [0.05, 0.1) is 4.92 Å². The molecule has 1 aromatic heterocycles. The molecule has 1 aromatic carbocycles. The first-order chi connectivity index (χ1) is 13.8. The summed E-state index contributed by atoms with van der Waals surface area (Å²) in [5, 5.41) is 14.7. The molecule has 29 heavy (non-hydrogen) atoms. The molecule has 0 atom stereocenters. The normalized spacial score (nSPS) is 19.0. The van der Waals surface area contributed by atoms with E-state index in [2.05, 4.69) is 15.3 Å². The second-order valence-electron chi connectivity index (χ2n) is 7.88. The SMILES string of the molecule is CN(C)c1ccc(CNc2nc(N)c([N+](=O)[O-])c(CC3CCC(N)CC3)n2)cc1. The zero-order valence-electron chi connectivity index (χ0n) is 17.0. The Hall–Kier alpha value is -2.94.